The van der Waals surface area contributed by atoms with Crippen LogP contribution in [0.5, 0.6) is 0 Å². The summed E-state index contributed by atoms with van der Waals surface area (Å²) in [5, 5.41) is 9.04. The van der Waals surface area contributed by atoms with Gasteiger partial charge in [-0.15, -0.1) is 0 Å². The van der Waals surface area contributed by atoms with Gasteiger partial charge < -0.3 is 10.8 Å². The SMILES string of the molecule is C[C@](N)(Cc1ccc(Cl)cc1F)C(=O)O. The number of rotatable bonds is 3. The Morgan fingerprint density at radius 1 is 1.67 bits per heavy atom. The van der Waals surface area contributed by atoms with Crippen LogP contribution in [0.25, 0.3) is 0 Å². The van der Waals surface area contributed by atoms with Crippen molar-refractivity contribution < 1.29 is 14.3 Å². The zero-order valence-electron chi connectivity index (χ0n) is 8.13. The quantitative estimate of drug-likeness (QED) is 0.834. The first kappa shape index (κ1) is 11.9. The second-order valence-corrected chi connectivity index (χ2v) is 4.07. The second kappa shape index (κ2) is 4.16. The van der Waals surface area contributed by atoms with Crippen LogP contribution in [0.15, 0.2) is 18.2 Å². The van der Waals surface area contributed by atoms with Gasteiger partial charge in [-0.1, -0.05) is 17.7 Å². The predicted octanol–water partition coefficient (Wildman–Crippen LogP) is 1.82. The summed E-state index contributed by atoms with van der Waals surface area (Å²) >= 11 is 5.56. The molecule has 15 heavy (non-hydrogen) atoms. The molecule has 0 aromatic heterocycles. The van der Waals surface area contributed by atoms with Crippen LogP contribution in [0.2, 0.25) is 5.02 Å². The Morgan fingerprint density at radius 2 is 2.27 bits per heavy atom. The van der Waals surface area contributed by atoms with Crippen molar-refractivity contribution in [1.29, 1.82) is 0 Å². The van der Waals surface area contributed by atoms with Gasteiger partial charge in [0.25, 0.3) is 0 Å². The van der Waals surface area contributed by atoms with E-state index < -0.39 is 17.3 Å². The first-order chi connectivity index (χ1) is 6.83. The number of aliphatic carboxylic acids is 1. The summed E-state index contributed by atoms with van der Waals surface area (Å²) in [5.41, 5.74) is 4.26. The van der Waals surface area contributed by atoms with Gasteiger partial charge in [0.1, 0.15) is 11.4 Å². The van der Waals surface area contributed by atoms with Gasteiger partial charge in [-0.25, -0.2) is 4.39 Å². The van der Waals surface area contributed by atoms with Crippen molar-refractivity contribution in [3.8, 4) is 0 Å². The van der Waals surface area contributed by atoms with Crippen LogP contribution in [0.1, 0.15) is 12.5 Å². The highest BCUT2D eigenvalue weighted by atomic mass is 35.5. The molecule has 3 nitrogen and oxygen atoms in total. The first-order valence-corrected chi connectivity index (χ1v) is 4.67. The molecule has 0 spiro atoms. The lowest BCUT2D eigenvalue weighted by atomic mass is 9.94. The molecule has 0 heterocycles. The molecule has 0 fully saturated rings. The zero-order chi connectivity index (χ0) is 11.6. The van der Waals surface area contributed by atoms with Gasteiger partial charge in [-0.3, -0.25) is 4.79 Å². The number of benzene rings is 1. The van der Waals surface area contributed by atoms with Crippen molar-refractivity contribution in [3.63, 3.8) is 0 Å². The summed E-state index contributed by atoms with van der Waals surface area (Å²) < 4.78 is 13.3. The highest BCUT2D eigenvalue weighted by Crippen LogP contribution is 2.18. The fourth-order valence-electron chi connectivity index (χ4n) is 1.14. The fourth-order valence-corrected chi connectivity index (χ4v) is 1.30. The molecular formula is C10H11ClFNO2. The van der Waals surface area contributed by atoms with E-state index in [-0.39, 0.29) is 17.0 Å². The number of carbonyl (C=O) groups is 1. The first-order valence-electron chi connectivity index (χ1n) is 4.29. The highest BCUT2D eigenvalue weighted by Gasteiger charge is 2.29. The van der Waals surface area contributed by atoms with Gasteiger partial charge in [-0.05, 0) is 24.6 Å². The Bertz CT molecular complexity index is 393. The molecule has 0 amide bonds. The molecule has 3 N–H and O–H groups in total. The Balaban J connectivity index is 2.95. The smallest absolute Gasteiger partial charge is 0.323 e. The van der Waals surface area contributed by atoms with E-state index >= 15 is 0 Å². The van der Waals surface area contributed by atoms with Gasteiger partial charge in [0.2, 0.25) is 0 Å². The third-order valence-corrected chi connectivity index (χ3v) is 2.30. The van der Waals surface area contributed by atoms with E-state index in [0.717, 1.165) is 6.07 Å². The lowest BCUT2D eigenvalue weighted by molar-refractivity contribution is -0.142. The minimum Gasteiger partial charge on any atom is -0.480 e. The van der Waals surface area contributed by atoms with Gasteiger partial charge in [0.15, 0.2) is 0 Å². The van der Waals surface area contributed by atoms with Crippen molar-refractivity contribution in [2.45, 2.75) is 18.9 Å². The van der Waals surface area contributed by atoms with E-state index in [9.17, 15) is 9.18 Å². The van der Waals surface area contributed by atoms with Crippen LogP contribution in [-0.2, 0) is 11.2 Å². The zero-order valence-corrected chi connectivity index (χ0v) is 8.88. The van der Waals surface area contributed by atoms with E-state index in [0.29, 0.717) is 0 Å². The van der Waals surface area contributed by atoms with Crippen molar-refractivity contribution >= 4 is 17.6 Å². The molecule has 0 aliphatic carbocycles. The van der Waals surface area contributed by atoms with Crippen LogP contribution in [-0.4, -0.2) is 16.6 Å². The minimum atomic E-state index is -1.48. The predicted molar refractivity (Wildman–Crippen MR) is 55.3 cm³/mol. The standard InChI is InChI=1S/C10H11ClFNO2/c1-10(13,9(14)15)5-6-2-3-7(11)4-8(6)12/h2-4H,5,13H2,1H3,(H,14,15)/t10-/m0/s1. The van der Waals surface area contributed by atoms with Crippen LogP contribution >= 0.6 is 11.6 Å². The average Bonchev–Trinajstić information content (AvgIpc) is 2.09. The molecule has 0 aliphatic rings. The van der Waals surface area contributed by atoms with Crippen molar-refractivity contribution in [2.24, 2.45) is 5.73 Å². The van der Waals surface area contributed by atoms with Crippen molar-refractivity contribution in [3.05, 3.63) is 34.6 Å². The van der Waals surface area contributed by atoms with E-state index in [2.05, 4.69) is 0 Å². The second-order valence-electron chi connectivity index (χ2n) is 3.64. The number of hydrogen-bond donors (Lipinski definition) is 2. The maximum atomic E-state index is 13.3. The fraction of sp³-hybridized carbons (Fsp3) is 0.300. The van der Waals surface area contributed by atoms with E-state index in [1.54, 1.807) is 0 Å². The topological polar surface area (TPSA) is 63.3 Å². The van der Waals surface area contributed by atoms with Gasteiger partial charge in [0, 0.05) is 11.4 Å². The average molecular weight is 232 g/mol. The summed E-state index contributed by atoms with van der Waals surface area (Å²) in [5.74, 6) is -1.71. The summed E-state index contributed by atoms with van der Waals surface area (Å²) in [7, 11) is 0. The highest BCUT2D eigenvalue weighted by molar-refractivity contribution is 6.30. The van der Waals surface area contributed by atoms with Crippen LogP contribution in [0.3, 0.4) is 0 Å². The number of halogens is 2. The van der Waals surface area contributed by atoms with Gasteiger partial charge in [0.05, 0.1) is 0 Å². The van der Waals surface area contributed by atoms with Crippen LogP contribution in [0, 0.1) is 5.82 Å². The van der Waals surface area contributed by atoms with E-state index in [1.807, 2.05) is 0 Å². The monoisotopic (exact) mass is 231 g/mol. The molecule has 1 atom stereocenters. The third kappa shape index (κ3) is 2.91. The Morgan fingerprint density at radius 3 is 2.73 bits per heavy atom. The maximum absolute atomic E-state index is 13.3. The van der Waals surface area contributed by atoms with Gasteiger partial charge in [-0.2, -0.15) is 0 Å². The summed E-state index contributed by atoms with van der Waals surface area (Å²) in [4.78, 5) is 10.7. The molecule has 1 rings (SSSR count). The summed E-state index contributed by atoms with van der Waals surface area (Å²) in [6, 6.07) is 4.07. The molecule has 0 radical (unpaired) electrons. The molecule has 0 aliphatic heterocycles. The molecule has 0 bridgehead atoms. The molecular weight excluding hydrogens is 221 g/mol. The minimum absolute atomic E-state index is 0.0780. The summed E-state index contributed by atoms with van der Waals surface area (Å²) in [6.07, 6.45) is -0.0780. The Labute approximate surface area is 91.7 Å². The molecule has 0 unspecified atom stereocenters. The van der Waals surface area contributed by atoms with Crippen LogP contribution in [0.4, 0.5) is 4.39 Å². The molecule has 5 heteroatoms. The third-order valence-electron chi connectivity index (χ3n) is 2.06. The molecule has 1 aromatic rings. The molecule has 0 saturated heterocycles. The Kier molecular flexibility index (Phi) is 3.31. The van der Waals surface area contributed by atoms with Crippen molar-refractivity contribution in [2.75, 3.05) is 0 Å². The lowest BCUT2D eigenvalue weighted by Crippen LogP contribution is -2.47. The molecule has 82 valence electrons. The number of carboxylic acid groups (broad SMARTS) is 1. The molecule has 1 aromatic carbocycles. The summed E-state index contributed by atoms with van der Waals surface area (Å²) in [6.45, 7) is 1.34. The molecule has 0 saturated carbocycles. The number of nitrogens with two attached hydrogens (primary N) is 1. The van der Waals surface area contributed by atoms with Crippen molar-refractivity contribution in [1.82, 2.24) is 0 Å². The van der Waals surface area contributed by atoms with E-state index in [4.69, 9.17) is 22.4 Å². The normalized spacial score (nSPS) is 14.7. The largest absolute Gasteiger partial charge is 0.480 e. The lowest BCUT2D eigenvalue weighted by Gasteiger charge is -2.19. The number of hydrogen-bond acceptors (Lipinski definition) is 2. The van der Waals surface area contributed by atoms with E-state index in [1.165, 1.54) is 19.1 Å². The Hall–Kier alpha value is -1.13. The maximum Gasteiger partial charge on any atom is 0.323 e. The number of carboxylic acids is 1. The van der Waals surface area contributed by atoms with Gasteiger partial charge >= 0.3 is 5.97 Å². The van der Waals surface area contributed by atoms with Crippen LogP contribution < -0.4 is 5.73 Å².